The van der Waals surface area contributed by atoms with Gasteiger partial charge >= 0.3 is 5.97 Å². The van der Waals surface area contributed by atoms with Gasteiger partial charge in [0.2, 0.25) is 0 Å². The third-order valence-corrected chi connectivity index (χ3v) is 4.95. The van der Waals surface area contributed by atoms with Crippen LogP contribution in [-0.2, 0) is 22.4 Å². The minimum atomic E-state index is -0.904. The Morgan fingerprint density at radius 3 is 2.83 bits per heavy atom. The molecule has 0 aromatic carbocycles. The number of aromatic nitrogens is 1. The lowest BCUT2D eigenvalue weighted by Gasteiger charge is -2.11. The number of fused-ring (bicyclic) bond motifs is 1. The van der Waals surface area contributed by atoms with Gasteiger partial charge in [-0.3, -0.25) is 4.79 Å². The summed E-state index contributed by atoms with van der Waals surface area (Å²) in [6.07, 6.45) is 3.46. The van der Waals surface area contributed by atoms with Gasteiger partial charge in [-0.1, -0.05) is 5.16 Å². The number of hydrogen-bond acceptors (Lipinski definition) is 6. The van der Waals surface area contributed by atoms with Crippen molar-refractivity contribution in [2.45, 2.75) is 45.6 Å². The Balaban J connectivity index is 1.60. The number of nitrogens with zero attached hydrogens (tertiary/aromatic N) is 1. The molecule has 0 unspecified atom stereocenters. The summed E-state index contributed by atoms with van der Waals surface area (Å²) in [5.74, 6) is 0.00690. The van der Waals surface area contributed by atoms with Crippen LogP contribution >= 0.6 is 11.3 Å². The zero-order valence-electron chi connectivity index (χ0n) is 13.0. The lowest BCUT2D eigenvalue weighted by molar-refractivity contribution is -0.123. The smallest absolute Gasteiger partial charge is 0.349 e. The van der Waals surface area contributed by atoms with Gasteiger partial charge in [0.15, 0.2) is 11.9 Å². The number of carbonyl (C=O) groups excluding carboxylic acids is 2. The second-order valence-electron chi connectivity index (χ2n) is 5.63. The first-order valence-electron chi connectivity index (χ1n) is 7.59. The normalized spacial score (nSPS) is 14.9. The van der Waals surface area contributed by atoms with E-state index in [1.54, 1.807) is 13.0 Å². The zero-order valence-corrected chi connectivity index (χ0v) is 13.9. The van der Waals surface area contributed by atoms with Crippen molar-refractivity contribution in [2.75, 3.05) is 5.32 Å². The number of rotatable bonds is 4. The molecule has 1 N–H and O–H groups in total. The van der Waals surface area contributed by atoms with Crippen LogP contribution in [0, 0.1) is 6.92 Å². The summed E-state index contributed by atoms with van der Waals surface area (Å²) < 4.78 is 10.1. The van der Waals surface area contributed by atoms with E-state index in [1.165, 1.54) is 28.7 Å². The predicted octanol–water partition coefficient (Wildman–Crippen LogP) is 3.11. The molecule has 1 atom stereocenters. The minimum Gasteiger partial charge on any atom is -0.448 e. The fraction of sp³-hybridized carbons (Fsp3) is 0.438. The van der Waals surface area contributed by atoms with Crippen LogP contribution < -0.4 is 5.32 Å². The van der Waals surface area contributed by atoms with Crippen LogP contribution in [0.2, 0.25) is 0 Å². The maximum atomic E-state index is 12.2. The van der Waals surface area contributed by atoms with Gasteiger partial charge in [0.1, 0.15) is 10.6 Å². The average Bonchev–Trinajstić information content (AvgIpc) is 3.13. The van der Waals surface area contributed by atoms with Gasteiger partial charge in [-0.2, -0.15) is 0 Å². The number of aryl methyl sites for hydroxylation is 3. The average molecular weight is 334 g/mol. The van der Waals surface area contributed by atoms with Crippen LogP contribution in [0.5, 0.6) is 0 Å². The topological polar surface area (TPSA) is 81.4 Å². The first kappa shape index (κ1) is 15.7. The molecule has 2 aromatic rings. The molecule has 0 saturated heterocycles. The van der Waals surface area contributed by atoms with Crippen molar-refractivity contribution in [2.24, 2.45) is 0 Å². The first-order chi connectivity index (χ1) is 11.0. The van der Waals surface area contributed by atoms with Gasteiger partial charge in [-0.25, -0.2) is 4.79 Å². The van der Waals surface area contributed by atoms with Gasteiger partial charge in [0, 0.05) is 10.9 Å². The van der Waals surface area contributed by atoms with Crippen molar-refractivity contribution < 1.29 is 18.8 Å². The molecule has 23 heavy (non-hydrogen) atoms. The predicted molar refractivity (Wildman–Crippen MR) is 85.7 cm³/mol. The molecule has 0 saturated carbocycles. The van der Waals surface area contributed by atoms with E-state index in [-0.39, 0.29) is 0 Å². The molecule has 122 valence electrons. The SMILES string of the molecule is Cc1cc(NC(=O)[C@H](C)OC(=O)c2cc3c(s2)CCCC3)no1. The van der Waals surface area contributed by atoms with Crippen LogP contribution in [0.3, 0.4) is 0 Å². The molecule has 6 nitrogen and oxygen atoms in total. The number of anilines is 1. The van der Waals surface area contributed by atoms with Crippen molar-refractivity contribution in [3.8, 4) is 0 Å². The van der Waals surface area contributed by atoms with E-state index in [9.17, 15) is 9.59 Å². The van der Waals surface area contributed by atoms with E-state index in [1.807, 2.05) is 6.07 Å². The fourth-order valence-electron chi connectivity index (χ4n) is 2.52. The minimum absolute atomic E-state index is 0.307. The number of nitrogens with one attached hydrogen (secondary N) is 1. The van der Waals surface area contributed by atoms with Gasteiger partial charge in [-0.05, 0) is 51.2 Å². The Kier molecular flexibility index (Phi) is 4.47. The van der Waals surface area contributed by atoms with Crippen molar-refractivity contribution in [3.63, 3.8) is 0 Å². The third kappa shape index (κ3) is 3.61. The summed E-state index contributed by atoms with van der Waals surface area (Å²) in [5.41, 5.74) is 1.24. The number of thiophene rings is 1. The highest BCUT2D eigenvalue weighted by molar-refractivity contribution is 7.14. The second kappa shape index (κ2) is 6.54. The van der Waals surface area contributed by atoms with Gasteiger partial charge in [0.25, 0.3) is 5.91 Å². The Hall–Kier alpha value is -2.15. The van der Waals surface area contributed by atoms with Crippen LogP contribution in [-0.4, -0.2) is 23.1 Å². The van der Waals surface area contributed by atoms with E-state index >= 15 is 0 Å². The Bertz CT molecular complexity index is 711. The van der Waals surface area contributed by atoms with Crippen LogP contribution in [0.15, 0.2) is 16.7 Å². The van der Waals surface area contributed by atoms with Gasteiger partial charge in [-0.15, -0.1) is 11.3 Å². The molecule has 3 rings (SSSR count). The van der Waals surface area contributed by atoms with E-state index in [4.69, 9.17) is 9.26 Å². The van der Waals surface area contributed by atoms with Crippen molar-refractivity contribution in [1.82, 2.24) is 5.16 Å². The van der Waals surface area contributed by atoms with Gasteiger partial charge < -0.3 is 14.6 Å². The van der Waals surface area contributed by atoms with Crippen LogP contribution in [0.25, 0.3) is 0 Å². The maximum absolute atomic E-state index is 12.2. The molecule has 1 aliphatic carbocycles. The van der Waals surface area contributed by atoms with E-state index in [2.05, 4.69) is 10.5 Å². The molecular weight excluding hydrogens is 316 g/mol. The Labute approximate surface area is 137 Å². The van der Waals surface area contributed by atoms with Crippen molar-refractivity contribution >= 4 is 29.0 Å². The summed E-state index contributed by atoms with van der Waals surface area (Å²) in [7, 11) is 0. The number of amides is 1. The summed E-state index contributed by atoms with van der Waals surface area (Å²) >= 11 is 1.47. The third-order valence-electron chi connectivity index (χ3n) is 3.73. The zero-order chi connectivity index (χ0) is 16.4. The molecule has 0 aliphatic heterocycles. The molecule has 1 amide bonds. The van der Waals surface area contributed by atoms with Crippen molar-refractivity contribution in [3.05, 3.63) is 33.2 Å². The molecular formula is C16H18N2O4S. The molecule has 1 aliphatic rings. The van der Waals surface area contributed by atoms with Gasteiger partial charge in [0.05, 0.1) is 0 Å². The summed E-state index contributed by atoms with van der Waals surface area (Å²) in [6, 6.07) is 3.49. The lowest BCUT2D eigenvalue weighted by atomic mass is 9.99. The summed E-state index contributed by atoms with van der Waals surface area (Å²) in [4.78, 5) is 26.1. The van der Waals surface area contributed by atoms with Crippen molar-refractivity contribution in [1.29, 1.82) is 0 Å². The fourth-order valence-corrected chi connectivity index (χ4v) is 3.65. The largest absolute Gasteiger partial charge is 0.448 e. The standard InChI is InChI=1S/C16H18N2O4S/c1-9-7-14(18-22-9)17-15(19)10(2)21-16(20)13-8-11-5-3-4-6-12(11)23-13/h7-8,10H,3-6H2,1-2H3,(H,17,18,19)/t10-/m0/s1. The Morgan fingerprint density at radius 1 is 1.35 bits per heavy atom. The molecule has 0 radical (unpaired) electrons. The highest BCUT2D eigenvalue weighted by Gasteiger charge is 2.23. The monoisotopic (exact) mass is 334 g/mol. The molecule has 7 heteroatoms. The Morgan fingerprint density at radius 2 is 2.13 bits per heavy atom. The second-order valence-corrected chi connectivity index (χ2v) is 6.76. The highest BCUT2D eigenvalue weighted by atomic mass is 32.1. The van der Waals surface area contributed by atoms with E-state index in [0.29, 0.717) is 16.5 Å². The summed E-state index contributed by atoms with van der Waals surface area (Å²) in [5, 5.41) is 6.22. The molecule has 2 aromatic heterocycles. The number of ether oxygens (including phenoxy) is 1. The number of esters is 1. The first-order valence-corrected chi connectivity index (χ1v) is 8.41. The van der Waals surface area contributed by atoms with Crippen LogP contribution in [0.4, 0.5) is 5.82 Å². The maximum Gasteiger partial charge on any atom is 0.349 e. The molecule has 0 fully saturated rings. The summed E-state index contributed by atoms with van der Waals surface area (Å²) in [6.45, 7) is 3.26. The molecule has 0 bridgehead atoms. The quantitative estimate of drug-likeness (QED) is 0.869. The molecule has 2 heterocycles. The number of hydrogen-bond donors (Lipinski definition) is 1. The van der Waals surface area contributed by atoms with E-state index in [0.717, 1.165) is 25.7 Å². The number of carbonyl (C=O) groups is 2. The van der Waals surface area contributed by atoms with E-state index < -0.39 is 18.0 Å². The highest BCUT2D eigenvalue weighted by Crippen LogP contribution is 2.30. The molecule has 0 spiro atoms. The lowest BCUT2D eigenvalue weighted by Crippen LogP contribution is -2.29. The van der Waals surface area contributed by atoms with Crippen LogP contribution in [0.1, 0.15) is 45.6 Å².